The van der Waals surface area contributed by atoms with Crippen LogP contribution in [0.2, 0.25) is 0 Å². The Bertz CT molecular complexity index is 799. The number of halogens is 1. The molecule has 3 nitrogen and oxygen atoms in total. The molecule has 0 saturated carbocycles. The van der Waals surface area contributed by atoms with Gasteiger partial charge in [0.15, 0.2) is 5.82 Å². The van der Waals surface area contributed by atoms with Crippen LogP contribution in [-0.4, -0.2) is 16.5 Å². The van der Waals surface area contributed by atoms with Crippen LogP contribution in [0.15, 0.2) is 42.5 Å². The first-order chi connectivity index (χ1) is 10.2. The van der Waals surface area contributed by atoms with E-state index in [1.54, 1.807) is 18.2 Å². The van der Waals surface area contributed by atoms with Crippen molar-refractivity contribution in [2.45, 2.75) is 13.8 Å². The summed E-state index contributed by atoms with van der Waals surface area (Å²) in [7, 11) is 0. The zero-order chi connectivity index (χ0) is 14.8. The summed E-state index contributed by atoms with van der Waals surface area (Å²) < 4.78 is 14.0. The van der Waals surface area contributed by atoms with E-state index in [2.05, 4.69) is 15.3 Å². The molecule has 1 heterocycles. The fraction of sp³-hybridized carbons (Fsp3) is 0.176. The van der Waals surface area contributed by atoms with E-state index in [0.717, 1.165) is 28.8 Å². The third-order valence-electron chi connectivity index (χ3n) is 3.39. The number of benzene rings is 2. The summed E-state index contributed by atoms with van der Waals surface area (Å²) >= 11 is 0. The lowest BCUT2D eigenvalue weighted by molar-refractivity contribution is 0.630. The predicted molar refractivity (Wildman–Crippen MR) is 83.8 cm³/mol. The minimum Gasteiger partial charge on any atom is -0.370 e. The average molecular weight is 281 g/mol. The van der Waals surface area contributed by atoms with E-state index in [1.165, 1.54) is 6.07 Å². The van der Waals surface area contributed by atoms with E-state index in [1.807, 2.05) is 32.0 Å². The van der Waals surface area contributed by atoms with Gasteiger partial charge in [0.1, 0.15) is 11.6 Å². The molecule has 3 aromatic rings. The number of hydrogen-bond acceptors (Lipinski definition) is 3. The van der Waals surface area contributed by atoms with Crippen LogP contribution in [0, 0.1) is 12.7 Å². The molecule has 0 amide bonds. The van der Waals surface area contributed by atoms with Gasteiger partial charge in [-0.3, -0.25) is 0 Å². The zero-order valence-electron chi connectivity index (χ0n) is 12.0. The van der Waals surface area contributed by atoms with Gasteiger partial charge in [0.05, 0.1) is 11.1 Å². The summed E-state index contributed by atoms with van der Waals surface area (Å²) in [6.07, 6.45) is 0. The Labute approximate surface area is 122 Å². The summed E-state index contributed by atoms with van der Waals surface area (Å²) in [5, 5.41) is 4.19. The van der Waals surface area contributed by atoms with Crippen LogP contribution in [0.5, 0.6) is 0 Å². The molecular weight excluding hydrogens is 265 g/mol. The molecule has 2 aromatic carbocycles. The normalized spacial score (nSPS) is 10.8. The summed E-state index contributed by atoms with van der Waals surface area (Å²) in [6.45, 7) is 4.75. The second kappa shape index (κ2) is 5.48. The third-order valence-corrected chi connectivity index (χ3v) is 3.39. The average Bonchev–Trinajstić information content (AvgIpc) is 2.49. The lowest BCUT2D eigenvalue weighted by atomic mass is 10.1. The maximum atomic E-state index is 14.0. The molecule has 0 radical (unpaired) electrons. The highest BCUT2D eigenvalue weighted by atomic mass is 19.1. The molecule has 0 atom stereocenters. The van der Waals surface area contributed by atoms with E-state index < -0.39 is 0 Å². The van der Waals surface area contributed by atoms with Crippen molar-refractivity contribution in [1.29, 1.82) is 0 Å². The SMILES string of the molecule is CCNc1nc(-c2ccccc2F)nc2c(C)cccc12. The zero-order valence-corrected chi connectivity index (χ0v) is 12.0. The maximum Gasteiger partial charge on any atom is 0.165 e. The highest BCUT2D eigenvalue weighted by Crippen LogP contribution is 2.27. The number of hydrogen-bond donors (Lipinski definition) is 1. The molecular formula is C17H16FN3. The van der Waals surface area contributed by atoms with Gasteiger partial charge in [-0.15, -0.1) is 0 Å². The van der Waals surface area contributed by atoms with E-state index in [9.17, 15) is 4.39 Å². The topological polar surface area (TPSA) is 37.8 Å². The van der Waals surface area contributed by atoms with Gasteiger partial charge in [0.2, 0.25) is 0 Å². The van der Waals surface area contributed by atoms with E-state index in [-0.39, 0.29) is 5.82 Å². The van der Waals surface area contributed by atoms with Gasteiger partial charge in [-0.25, -0.2) is 14.4 Å². The largest absolute Gasteiger partial charge is 0.370 e. The molecule has 0 aliphatic carbocycles. The maximum absolute atomic E-state index is 14.0. The molecule has 3 rings (SSSR count). The smallest absolute Gasteiger partial charge is 0.165 e. The van der Waals surface area contributed by atoms with Crippen molar-refractivity contribution in [2.24, 2.45) is 0 Å². The molecule has 0 unspecified atom stereocenters. The summed E-state index contributed by atoms with van der Waals surface area (Å²) in [5.41, 5.74) is 2.31. The van der Waals surface area contributed by atoms with Gasteiger partial charge >= 0.3 is 0 Å². The van der Waals surface area contributed by atoms with Crippen molar-refractivity contribution in [1.82, 2.24) is 9.97 Å². The molecule has 0 fully saturated rings. The number of anilines is 1. The second-order valence-electron chi connectivity index (χ2n) is 4.88. The third kappa shape index (κ3) is 2.44. The molecule has 4 heteroatoms. The Morgan fingerprint density at radius 2 is 1.86 bits per heavy atom. The molecule has 0 bridgehead atoms. The minimum absolute atomic E-state index is 0.312. The Hall–Kier alpha value is -2.49. The van der Waals surface area contributed by atoms with Crippen LogP contribution in [0.1, 0.15) is 12.5 Å². The summed E-state index contributed by atoms with van der Waals surface area (Å²) in [6, 6.07) is 12.5. The van der Waals surface area contributed by atoms with Crippen LogP contribution in [0.4, 0.5) is 10.2 Å². The quantitative estimate of drug-likeness (QED) is 0.782. The highest BCUT2D eigenvalue weighted by Gasteiger charge is 2.12. The number of aromatic nitrogens is 2. The van der Waals surface area contributed by atoms with E-state index >= 15 is 0 Å². The fourth-order valence-electron chi connectivity index (χ4n) is 2.36. The van der Waals surface area contributed by atoms with Crippen molar-refractivity contribution in [3.8, 4) is 11.4 Å². The van der Waals surface area contributed by atoms with Crippen LogP contribution >= 0.6 is 0 Å². The minimum atomic E-state index is -0.312. The Balaban J connectivity index is 2.30. The predicted octanol–water partition coefficient (Wildman–Crippen LogP) is 4.18. The van der Waals surface area contributed by atoms with Gasteiger partial charge in [0, 0.05) is 11.9 Å². The molecule has 0 aliphatic heterocycles. The van der Waals surface area contributed by atoms with Crippen molar-refractivity contribution in [3.63, 3.8) is 0 Å². The fourth-order valence-corrected chi connectivity index (χ4v) is 2.36. The standard InChI is InChI=1S/C17H16FN3/c1-3-19-16-13-9-6-7-11(2)15(13)20-17(21-16)12-8-4-5-10-14(12)18/h4-10H,3H2,1-2H3,(H,19,20,21). The van der Waals surface area contributed by atoms with Crippen molar-refractivity contribution >= 4 is 16.7 Å². The number of aryl methyl sites for hydroxylation is 1. The Morgan fingerprint density at radius 3 is 2.62 bits per heavy atom. The van der Waals surface area contributed by atoms with Gasteiger partial charge < -0.3 is 5.32 Å². The van der Waals surface area contributed by atoms with Gasteiger partial charge in [-0.1, -0.05) is 24.3 Å². The van der Waals surface area contributed by atoms with Crippen molar-refractivity contribution in [3.05, 3.63) is 53.8 Å². The van der Waals surface area contributed by atoms with Crippen molar-refractivity contribution in [2.75, 3.05) is 11.9 Å². The van der Waals surface area contributed by atoms with Gasteiger partial charge in [-0.05, 0) is 37.6 Å². The highest BCUT2D eigenvalue weighted by molar-refractivity contribution is 5.92. The number of fused-ring (bicyclic) bond motifs is 1. The molecule has 1 aromatic heterocycles. The number of para-hydroxylation sites is 1. The first kappa shape index (κ1) is 13.5. The molecule has 0 spiro atoms. The monoisotopic (exact) mass is 281 g/mol. The lowest BCUT2D eigenvalue weighted by Gasteiger charge is -2.11. The van der Waals surface area contributed by atoms with Crippen LogP contribution in [0.3, 0.4) is 0 Å². The molecule has 1 N–H and O–H groups in total. The van der Waals surface area contributed by atoms with Gasteiger partial charge in [-0.2, -0.15) is 0 Å². The number of nitrogens with zero attached hydrogens (tertiary/aromatic N) is 2. The second-order valence-corrected chi connectivity index (χ2v) is 4.88. The number of rotatable bonds is 3. The molecule has 106 valence electrons. The Kier molecular flexibility index (Phi) is 3.52. The first-order valence-electron chi connectivity index (χ1n) is 6.97. The van der Waals surface area contributed by atoms with Crippen molar-refractivity contribution < 1.29 is 4.39 Å². The van der Waals surface area contributed by atoms with Crippen LogP contribution in [-0.2, 0) is 0 Å². The molecule has 21 heavy (non-hydrogen) atoms. The molecule has 0 saturated heterocycles. The van der Waals surface area contributed by atoms with E-state index in [0.29, 0.717) is 11.4 Å². The van der Waals surface area contributed by atoms with Crippen LogP contribution in [0.25, 0.3) is 22.3 Å². The summed E-state index contributed by atoms with van der Waals surface area (Å²) in [5.74, 6) is 0.836. The van der Waals surface area contributed by atoms with Gasteiger partial charge in [0.25, 0.3) is 0 Å². The molecule has 0 aliphatic rings. The van der Waals surface area contributed by atoms with E-state index in [4.69, 9.17) is 0 Å². The number of nitrogens with one attached hydrogen (secondary N) is 1. The summed E-state index contributed by atoms with van der Waals surface area (Å²) in [4.78, 5) is 9.06. The lowest BCUT2D eigenvalue weighted by Crippen LogP contribution is -2.04. The first-order valence-corrected chi connectivity index (χ1v) is 6.97. The van der Waals surface area contributed by atoms with Crippen LogP contribution < -0.4 is 5.32 Å². The Morgan fingerprint density at radius 1 is 1.05 bits per heavy atom.